The van der Waals surface area contributed by atoms with Gasteiger partial charge in [-0.25, -0.2) is 0 Å². The van der Waals surface area contributed by atoms with Crippen LogP contribution in [0, 0.1) is 22.7 Å². The highest BCUT2D eigenvalue weighted by atomic mass is 15.2. The molecule has 6 aromatic rings. The molecule has 0 saturated carbocycles. The fourth-order valence-corrected chi connectivity index (χ4v) is 9.60. The normalized spacial score (nSPS) is 16.6. The lowest BCUT2D eigenvalue weighted by molar-refractivity contribution is 0.557. The number of fused-ring (bicyclic) bond motifs is 10. The van der Waals surface area contributed by atoms with Crippen LogP contribution >= 0.6 is 0 Å². The van der Waals surface area contributed by atoms with Crippen LogP contribution < -0.4 is 4.90 Å². The third-order valence-corrected chi connectivity index (χ3v) is 12.0. The van der Waals surface area contributed by atoms with E-state index in [0.29, 0.717) is 11.1 Å². The summed E-state index contributed by atoms with van der Waals surface area (Å²) >= 11 is 0. The number of anilines is 3. The second kappa shape index (κ2) is 10.5. The standard InChI is InChI=1S/C47H37N3/c1-45(2)35-13-5-7-15-37(35)47(38-16-8-6-14-36(38)45)41-26-33(29-49)32(28-48)25-31(41)22-21-30-23-24-34(27-42(30)47)50-43-19-11-9-17-39(43)46(3,4)40-18-10-12-20-44(40)50/h5-20,23-27H,21-22H2,1-4H3. The molecule has 9 rings (SSSR count). The minimum absolute atomic E-state index is 0.158. The first-order valence-electron chi connectivity index (χ1n) is 17.5. The van der Waals surface area contributed by atoms with Crippen molar-refractivity contribution in [3.63, 3.8) is 0 Å². The first-order valence-corrected chi connectivity index (χ1v) is 17.5. The van der Waals surface area contributed by atoms with Gasteiger partial charge in [-0.05, 0) is 105 Å². The molecule has 0 unspecified atom stereocenters. The van der Waals surface area contributed by atoms with E-state index in [1.165, 1.54) is 55.9 Å². The van der Waals surface area contributed by atoms with Crippen LogP contribution in [-0.4, -0.2) is 0 Å². The smallest absolute Gasteiger partial charge is 0.101 e. The van der Waals surface area contributed by atoms with E-state index in [1.807, 2.05) is 12.1 Å². The van der Waals surface area contributed by atoms with E-state index in [9.17, 15) is 10.5 Å². The molecule has 0 amide bonds. The molecule has 1 spiro atoms. The highest BCUT2D eigenvalue weighted by Crippen LogP contribution is 2.59. The Hall–Kier alpha value is -5.90. The van der Waals surface area contributed by atoms with Crippen LogP contribution in [0.1, 0.15) is 94.5 Å². The van der Waals surface area contributed by atoms with Crippen LogP contribution in [-0.2, 0) is 29.1 Å². The second-order valence-electron chi connectivity index (χ2n) is 15.1. The Kier molecular flexibility index (Phi) is 6.37. The average Bonchev–Trinajstić information content (AvgIpc) is 3.28. The molecule has 0 saturated heterocycles. The van der Waals surface area contributed by atoms with E-state index in [4.69, 9.17) is 0 Å². The minimum atomic E-state index is -0.715. The molecule has 1 aliphatic heterocycles. The maximum Gasteiger partial charge on any atom is 0.101 e. The summed E-state index contributed by atoms with van der Waals surface area (Å²) in [6.07, 6.45) is 1.61. The molecule has 1 heterocycles. The highest BCUT2D eigenvalue weighted by Gasteiger charge is 2.51. The molecule has 50 heavy (non-hydrogen) atoms. The van der Waals surface area contributed by atoms with E-state index in [-0.39, 0.29) is 10.8 Å². The number of benzene rings is 6. The molecule has 240 valence electrons. The van der Waals surface area contributed by atoms with Gasteiger partial charge < -0.3 is 4.90 Å². The van der Waals surface area contributed by atoms with Crippen molar-refractivity contribution in [2.24, 2.45) is 0 Å². The summed E-state index contributed by atoms with van der Waals surface area (Å²) in [4.78, 5) is 2.44. The predicted octanol–water partition coefficient (Wildman–Crippen LogP) is 10.7. The van der Waals surface area contributed by atoms with E-state index >= 15 is 0 Å². The average molecular weight is 644 g/mol. The Bertz CT molecular complexity index is 2390. The van der Waals surface area contributed by atoms with Crippen molar-refractivity contribution < 1.29 is 0 Å². The van der Waals surface area contributed by atoms with Crippen LogP contribution in [0.4, 0.5) is 17.1 Å². The monoisotopic (exact) mass is 643 g/mol. The van der Waals surface area contributed by atoms with E-state index in [0.717, 1.165) is 29.7 Å². The van der Waals surface area contributed by atoms with Crippen molar-refractivity contribution in [1.82, 2.24) is 0 Å². The lowest BCUT2D eigenvalue weighted by atomic mass is 9.53. The maximum absolute atomic E-state index is 10.4. The molecule has 0 atom stereocenters. The van der Waals surface area contributed by atoms with Crippen LogP contribution in [0.2, 0.25) is 0 Å². The van der Waals surface area contributed by atoms with Gasteiger partial charge in [-0.2, -0.15) is 10.5 Å². The molecule has 0 fully saturated rings. The van der Waals surface area contributed by atoms with Gasteiger partial charge in [0.2, 0.25) is 0 Å². The third-order valence-electron chi connectivity index (χ3n) is 12.0. The van der Waals surface area contributed by atoms with Gasteiger partial charge in [-0.3, -0.25) is 0 Å². The van der Waals surface area contributed by atoms with Crippen LogP contribution in [0.15, 0.2) is 127 Å². The molecule has 0 N–H and O–H groups in total. The Morgan fingerprint density at radius 1 is 0.460 bits per heavy atom. The Balaban J connectivity index is 1.43. The quantitative estimate of drug-likeness (QED) is 0.179. The highest BCUT2D eigenvalue weighted by molar-refractivity contribution is 5.87. The van der Waals surface area contributed by atoms with Gasteiger partial charge in [-0.15, -0.1) is 0 Å². The Morgan fingerprint density at radius 3 is 1.46 bits per heavy atom. The maximum atomic E-state index is 10.4. The molecule has 0 bridgehead atoms. The summed E-state index contributed by atoms with van der Waals surface area (Å²) in [6, 6.07) is 51.2. The number of nitriles is 2. The SMILES string of the molecule is CC1(C)c2ccccc2N(c2ccc3c(c2)C2(c4cc(C#N)c(C#N)cc4CC3)c3ccccc3C(C)(C)c3ccccc32)c2ccccc21. The summed E-state index contributed by atoms with van der Waals surface area (Å²) in [7, 11) is 0. The van der Waals surface area contributed by atoms with Crippen molar-refractivity contribution in [1.29, 1.82) is 10.5 Å². The number of nitrogens with zero attached hydrogens (tertiary/aromatic N) is 3. The van der Waals surface area contributed by atoms with Gasteiger partial charge in [0.05, 0.1) is 27.9 Å². The van der Waals surface area contributed by atoms with Crippen LogP contribution in [0.25, 0.3) is 0 Å². The summed E-state index contributed by atoms with van der Waals surface area (Å²) in [5.74, 6) is 0. The number of para-hydroxylation sites is 2. The van der Waals surface area contributed by atoms with Crippen LogP contribution in [0.5, 0.6) is 0 Å². The first-order chi connectivity index (χ1) is 24.2. The molecule has 0 radical (unpaired) electrons. The first kappa shape index (κ1) is 30.2. The largest absolute Gasteiger partial charge is 0.310 e. The molecule has 3 nitrogen and oxygen atoms in total. The van der Waals surface area contributed by atoms with Gasteiger partial charge in [0.15, 0.2) is 0 Å². The zero-order chi connectivity index (χ0) is 34.4. The van der Waals surface area contributed by atoms with Gasteiger partial charge in [0.25, 0.3) is 0 Å². The van der Waals surface area contributed by atoms with Crippen molar-refractivity contribution in [3.8, 4) is 12.1 Å². The summed E-state index contributed by atoms with van der Waals surface area (Å²) in [5.41, 5.74) is 15.6. The summed E-state index contributed by atoms with van der Waals surface area (Å²) in [6.45, 7) is 9.31. The predicted molar refractivity (Wildman–Crippen MR) is 201 cm³/mol. The lowest BCUT2D eigenvalue weighted by Gasteiger charge is -2.49. The number of aryl methyl sites for hydroxylation is 2. The van der Waals surface area contributed by atoms with Gasteiger partial charge in [0, 0.05) is 16.5 Å². The number of rotatable bonds is 1. The number of hydrogen-bond donors (Lipinski definition) is 0. The van der Waals surface area contributed by atoms with Gasteiger partial charge >= 0.3 is 0 Å². The van der Waals surface area contributed by atoms with Gasteiger partial charge in [-0.1, -0.05) is 119 Å². The van der Waals surface area contributed by atoms with Crippen molar-refractivity contribution in [2.75, 3.05) is 4.90 Å². The molecule has 6 aromatic carbocycles. The second-order valence-corrected chi connectivity index (χ2v) is 15.1. The summed E-state index contributed by atoms with van der Waals surface area (Å²) < 4.78 is 0. The molecule has 2 aliphatic carbocycles. The lowest BCUT2D eigenvalue weighted by Crippen LogP contribution is -2.42. The molecule has 3 aliphatic rings. The molecule has 0 aromatic heterocycles. The fourth-order valence-electron chi connectivity index (χ4n) is 9.60. The Labute approximate surface area is 294 Å². The fraction of sp³-hybridized carbons (Fsp3) is 0.191. The van der Waals surface area contributed by atoms with E-state index < -0.39 is 5.41 Å². The molecular weight excluding hydrogens is 607 g/mol. The van der Waals surface area contributed by atoms with Gasteiger partial charge in [0.1, 0.15) is 12.1 Å². The minimum Gasteiger partial charge on any atom is -0.310 e. The van der Waals surface area contributed by atoms with Crippen molar-refractivity contribution >= 4 is 17.1 Å². The third kappa shape index (κ3) is 3.84. The zero-order valence-corrected chi connectivity index (χ0v) is 28.9. The Morgan fingerprint density at radius 2 is 0.900 bits per heavy atom. The van der Waals surface area contributed by atoms with E-state index in [1.54, 1.807) is 0 Å². The van der Waals surface area contributed by atoms with Crippen molar-refractivity contribution in [2.45, 2.75) is 56.8 Å². The zero-order valence-electron chi connectivity index (χ0n) is 28.9. The molecule has 3 heteroatoms. The summed E-state index contributed by atoms with van der Waals surface area (Å²) in [5, 5.41) is 20.6. The van der Waals surface area contributed by atoms with E-state index in [2.05, 4.69) is 160 Å². The van der Waals surface area contributed by atoms with Crippen LogP contribution in [0.3, 0.4) is 0 Å². The molecular formula is C47H37N3. The van der Waals surface area contributed by atoms with Crippen molar-refractivity contribution in [3.05, 3.63) is 194 Å². The number of hydrogen-bond acceptors (Lipinski definition) is 3. The topological polar surface area (TPSA) is 50.8 Å².